The van der Waals surface area contributed by atoms with E-state index in [1.807, 2.05) is 31.3 Å². The highest BCUT2D eigenvalue weighted by Gasteiger charge is 2.65. The van der Waals surface area contributed by atoms with Crippen LogP contribution in [-0.2, 0) is 9.59 Å². The molecule has 4 fully saturated rings. The molecule has 1 aromatic carbocycles. The predicted octanol–water partition coefficient (Wildman–Crippen LogP) is 1.99. The first-order chi connectivity index (χ1) is 12.2. The Labute approximate surface area is 154 Å². The third-order valence-corrected chi connectivity index (χ3v) is 7.04. The van der Waals surface area contributed by atoms with Gasteiger partial charge in [-0.2, -0.15) is 0 Å². The SMILES string of the molecule is CN1C(=O)C(=CC2(C)N3CC4(C)CN2CC(C)(C3)C4=O)c2ccccc21. The summed E-state index contributed by atoms with van der Waals surface area (Å²) < 4.78 is 0. The number of benzene rings is 1. The number of likely N-dealkylation sites (N-methyl/N-ethyl adjacent to an activating group) is 1. The fraction of sp³-hybridized carbons (Fsp3) is 0.524. The standard InChI is InChI=1S/C21H25N3O2/c1-19-10-23-12-20(2,18(19)26)13-24(11-19)21(23,3)9-15-14-7-5-6-8-16(14)22(4)17(15)25/h5-9H,10-13H2,1-4H3. The van der Waals surface area contributed by atoms with Crippen molar-refractivity contribution < 1.29 is 9.59 Å². The molecule has 6 rings (SSSR count). The molecule has 0 unspecified atom stereocenters. The molecule has 136 valence electrons. The molecule has 0 aromatic heterocycles. The van der Waals surface area contributed by atoms with E-state index in [-0.39, 0.29) is 22.4 Å². The van der Waals surface area contributed by atoms with Gasteiger partial charge in [-0.15, -0.1) is 0 Å². The lowest BCUT2D eigenvalue weighted by molar-refractivity contribution is -0.211. The van der Waals surface area contributed by atoms with Gasteiger partial charge in [-0.1, -0.05) is 32.0 Å². The van der Waals surface area contributed by atoms with E-state index < -0.39 is 0 Å². The first kappa shape index (κ1) is 16.2. The normalized spacial score (nSPS) is 44.9. The second-order valence-electron chi connectivity index (χ2n) is 9.20. The summed E-state index contributed by atoms with van der Waals surface area (Å²) >= 11 is 0. The zero-order valence-corrected chi connectivity index (χ0v) is 15.9. The van der Waals surface area contributed by atoms with Gasteiger partial charge < -0.3 is 4.90 Å². The van der Waals surface area contributed by atoms with Crippen molar-refractivity contribution in [2.75, 3.05) is 38.1 Å². The number of ketones is 1. The number of carbonyl (C=O) groups excluding carboxylic acids is 2. The van der Waals surface area contributed by atoms with Crippen molar-refractivity contribution in [1.82, 2.24) is 9.80 Å². The van der Waals surface area contributed by atoms with Crippen LogP contribution in [0.2, 0.25) is 0 Å². The van der Waals surface area contributed by atoms with Crippen molar-refractivity contribution in [3.63, 3.8) is 0 Å². The van der Waals surface area contributed by atoms with Crippen LogP contribution in [-0.4, -0.2) is 60.4 Å². The topological polar surface area (TPSA) is 43.9 Å². The molecule has 0 saturated carbocycles. The van der Waals surface area contributed by atoms with Crippen molar-refractivity contribution in [1.29, 1.82) is 0 Å². The number of Topliss-reactive ketones (excluding diaryl/α,β-unsaturated/α-hetero) is 1. The Balaban J connectivity index is 1.61. The van der Waals surface area contributed by atoms with Crippen LogP contribution in [0.5, 0.6) is 0 Å². The molecule has 0 atom stereocenters. The van der Waals surface area contributed by atoms with Gasteiger partial charge >= 0.3 is 0 Å². The van der Waals surface area contributed by atoms with E-state index in [1.54, 1.807) is 4.90 Å². The Bertz CT molecular complexity index is 847. The molecular formula is C21H25N3O2. The number of piperidine rings is 2. The molecule has 5 aliphatic heterocycles. The highest BCUT2D eigenvalue weighted by Crippen LogP contribution is 2.52. The summed E-state index contributed by atoms with van der Waals surface area (Å²) in [5, 5.41) is 0. The Morgan fingerprint density at radius 2 is 1.46 bits per heavy atom. The minimum absolute atomic E-state index is 0.0529. The summed E-state index contributed by atoms with van der Waals surface area (Å²) in [7, 11) is 1.84. The van der Waals surface area contributed by atoms with Crippen LogP contribution in [0.3, 0.4) is 0 Å². The van der Waals surface area contributed by atoms with Crippen LogP contribution < -0.4 is 4.90 Å². The first-order valence-corrected chi connectivity index (χ1v) is 9.33. The van der Waals surface area contributed by atoms with Crippen LogP contribution in [0.25, 0.3) is 5.57 Å². The lowest BCUT2D eigenvalue weighted by Crippen LogP contribution is -2.81. The van der Waals surface area contributed by atoms with Crippen molar-refractivity contribution >= 4 is 23.0 Å². The Kier molecular flexibility index (Phi) is 2.90. The van der Waals surface area contributed by atoms with Gasteiger partial charge in [0.25, 0.3) is 5.91 Å². The summed E-state index contributed by atoms with van der Waals surface area (Å²) in [5.74, 6) is 0.464. The Morgan fingerprint density at radius 3 is 2.04 bits per heavy atom. The summed E-state index contributed by atoms with van der Waals surface area (Å²) in [4.78, 5) is 32.4. The number of nitrogens with zero attached hydrogens (tertiary/aromatic N) is 3. The van der Waals surface area contributed by atoms with Gasteiger partial charge in [0, 0.05) is 44.4 Å². The molecule has 0 N–H and O–H groups in total. The lowest BCUT2D eigenvalue weighted by atomic mass is 9.60. The molecule has 4 saturated heterocycles. The van der Waals surface area contributed by atoms with Gasteiger partial charge in [-0.25, -0.2) is 0 Å². The number of rotatable bonds is 1. The third kappa shape index (κ3) is 1.78. The summed E-state index contributed by atoms with van der Waals surface area (Å²) in [5.41, 5.74) is 1.83. The maximum Gasteiger partial charge on any atom is 0.258 e. The second-order valence-corrected chi connectivity index (χ2v) is 9.20. The predicted molar refractivity (Wildman–Crippen MR) is 101 cm³/mol. The van der Waals surface area contributed by atoms with Gasteiger partial charge in [-0.05, 0) is 19.1 Å². The molecule has 0 radical (unpaired) electrons. The number of carbonyl (C=O) groups is 2. The van der Waals surface area contributed by atoms with E-state index in [9.17, 15) is 9.59 Å². The van der Waals surface area contributed by atoms with Crippen molar-refractivity contribution in [3.05, 3.63) is 35.9 Å². The maximum absolute atomic E-state index is 12.9. The third-order valence-electron chi connectivity index (χ3n) is 7.04. The van der Waals surface area contributed by atoms with E-state index in [0.717, 1.165) is 43.0 Å². The highest BCUT2D eigenvalue weighted by molar-refractivity contribution is 6.32. The highest BCUT2D eigenvalue weighted by atomic mass is 16.2. The number of hydrogen-bond donors (Lipinski definition) is 0. The quantitative estimate of drug-likeness (QED) is 0.726. The number of anilines is 1. The molecule has 5 heterocycles. The average molecular weight is 351 g/mol. The molecule has 1 amide bonds. The van der Waals surface area contributed by atoms with E-state index in [2.05, 4.69) is 36.6 Å². The smallest absolute Gasteiger partial charge is 0.258 e. The molecule has 4 bridgehead atoms. The first-order valence-electron chi connectivity index (χ1n) is 9.33. The molecule has 0 aliphatic carbocycles. The van der Waals surface area contributed by atoms with Crippen LogP contribution in [0.1, 0.15) is 26.3 Å². The molecule has 5 aliphatic rings. The number of fused-ring (bicyclic) bond motifs is 1. The van der Waals surface area contributed by atoms with Crippen LogP contribution in [0.15, 0.2) is 30.3 Å². The minimum Gasteiger partial charge on any atom is -0.311 e. The zero-order valence-electron chi connectivity index (χ0n) is 15.9. The molecule has 5 heteroatoms. The van der Waals surface area contributed by atoms with Gasteiger partial charge in [0.1, 0.15) is 5.78 Å². The summed E-state index contributed by atoms with van der Waals surface area (Å²) in [6, 6.07) is 7.98. The van der Waals surface area contributed by atoms with Gasteiger partial charge in [0.05, 0.1) is 22.2 Å². The van der Waals surface area contributed by atoms with E-state index >= 15 is 0 Å². The van der Waals surface area contributed by atoms with E-state index in [1.165, 1.54) is 0 Å². The van der Waals surface area contributed by atoms with Crippen LogP contribution in [0, 0.1) is 10.8 Å². The van der Waals surface area contributed by atoms with E-state index in [4.69, 9.17) is 0 Å². The monoisotopic (exact) mass is 351 g/mol. The van der Waals surface area contributed by atoms with Crippen LogP contribution in [0.4, 0.5) is 5.69 Å². The fourth-order valence-electron chi connectivity index (χ4n) is 5.75. The lowest BCUT2D eigenvalue weighted by Gasteiger charge is -2.68. The molecule has 0 spiro atoms. The van der Waals surface area contributed by atoms with E-state index in [0.29, 0.717) is 5.78 Å². The zero-order chi connectivity index (χ0) is 18.5. The number of para-hydroxylation sites is 1. The fourth-order valence-corrected chi connectivity index (χ4v) is 5.75. The van der Waals surface area contributed by atoms with Crippen LogP contribution >= 0.6 is 0 Å². The summed E-state index contributed by atoms with van der Waals surface area (Å²) in [6.45, 7) is 9.47. The average Bonchev–Trinajstić information content (AvgIpc) is 2.82. The molecule has 5 nitrogen and oxygen atoms in total. The minimum atomic E-state index is -0.330. The van der Waals surface area contributed by atoms with Crippen molar-refractivity contribution in [2.45, 2.75) is 26.4 Å². The number of amides is 1. The largest absolute Gasteiger partial charge is 0.311 e. The summed E-state index contributed by atoms with van der Waals surface area (Å²) in [6.07, 6.45) is 2.15. The molecular weight excluding hydrogens is 326 g/mol. The second kappa shape index (κ2) is 4.65. The van der Waals surface area contributed by atoms with Gasteiger partial charge in [0.15, 0.2) is 0 Å². The van der Waals surface area contributed by atoms with Crippen molar-refractivity contribution in [2.24, 2.45) is 10.8 Å². The number of hydrogen-bond acceptors (Lipinski definition) is 4. The molecule has 1 aromatic rings. The Morgan fingerprint density at radius 1 is 0.923 bits per heavy atom. The Hall–Kier alpha value is -1.98. The van der Waals surface area contributed by atoms with Crippen molar-refractivity contribution in [3.8, 4) is 0 Å². The molecule has 26 heavy (non-hydrogen) atoms. The maximum atomic E-state index is 12.9. The van der Waals surface area contributed by atoms with Gasteiger partial charge in [0.2, 0.25) is 0 Å². The van der Waals surface area contributed by atoms with Gasteiger partial charge in [-0.3, -0.25) is 19.4 Å².